The first-order chi connectivity index (χ1) is 12.2. The Balaban J connectivity index is 1.88. The molecule has 9 heteroatoms. The number of methoxy groups -OCH3 is 1. The molecule has 0 N–H and O–H groups in total. The topological polar surface area (TPSA) is 78.2 Å². The van der Waals surface area contributed by atoms with Gasteiger partial charge in [0.05, 0.1) is 20.3 Å². The fourth-order valence-corrected chi connectivity index (χ4v) is 3.09. The molecule has 0 radical (unpaired) electrons. The molecule has 4 heterocycles. The molecule has 0 bridgehead atoms. The molecule has 0 aromatic carbocycles. The summed E-state index contributed by atoms with van der Waals surface area (Å²) in [5.74, 6) is 2.02. The summed E-state index contributed by atoms with van der Waals surface area (Å²) in [4.78, 5) is 19.8. The quantitative estimate of drug-likeness (QED) is 0.660. The van der Waals surface area contributed by atoms with E-state index < -0.39 is 0 Å². The molecule has 3 aromatic heterocycles. The highest BCUT2D eigenvalue weighted by atomic mass is 35.5. The number of aryl methyl sites for hydroxylation is 1. The van der Waals surface area contributed by atoms with Crippen molar-refractivity contribution in [1.29, 1.82) is 0 Å². The molecule has 4 rings (SSSR count). The first kappa shape index (κ1) is 16.0. The van der Waals surface area contributed by atoms with Crippen LogP contribution in [0.25, 0.3) is 22.6 Å². The van der Waals surface area contributed by atoms with E-state index >= 15 is 0 Å². The van der Waals surface area contributed by atoms with Crippen LogP contribution in [0.15, 0.2) is 18.3 Å². The first-order valence-corrected chi connectivity index (χ1v) is 8.28. The largest absolute Gasteiger partial charge is 0.481 e. The predicted molar refractivity (Wildman–Crippen MR) is 94.1 cm³/mol. The molecule has 1 aliphatic heterocycles. The minimum absolute atomic E-state index is 0.204. The Morgan fingerprint density at radius 3 is 2.76 bits per heavy atom. The second-order valence-corrected chi connectivity index (χ2v) is 6.01. The van der Waals surface area contributed by atoms with Crippen molar-refractivity contribution in [2.75, 3.05) is 38.3 Å². The van der Waals surface area contributed by atoms with Gasteiger partial charge in [-0.2, -0.15) is 9.97 Å². The van der Waals surface area contributed by atoms with Crippen LogP contribution in [0.4, 0.5) is 5.82 Å². The maximum absolute atomic E-state index is 6.17. The number of aromatic nitrogens is 5. The van der Waals surface area contributed by atoms with Crippen LogP contribution in [-0.4, -0.2) is 57.9 Å². The standard InChI is InChI=1S/C16H17ClN6O2/c1-22-13(10-3-4-18-11(9-10)24-2)19-12-14(22)20-16(17)21-15(12)23-5-7-25-8-6-23/h3-4,9H,5-8H2,1-2H3. The van der Waals surface area contributed by atoms with Gasteiger partial charge >= 0.3 is 0 Å². The van der Waals surface area contributed by atoms with Gasteiger partial charge in [0.15, 0.2) is 17.0 Å². The highest BCUT2D eigenvalue weighted by molar-refractivity contribution is 6.28. The monoisotopic (exact) mass is 360 g/mol. The fraction of sp³-hybridized carbons (Fsp3) is 0.375. The van der Waals surface area contributed by atoms with Gasteiger partial charge in [0, 0.05) is 38.0 Å². The molecule has 3 aromatic rings. The summed E-state index contributed by atoms with van der Waals surface area (Å²) >= 11 is 6.17. The number of anilines is 1. The summed E-state index contributed by atoms with van der Waals surface area (Å²) in [6.45, 7) is 2.81. The van der Waals surface area contributed by atoms with Crippen LogP contribution in [0.1, 0.15) is 0 Å². The van der Waals surface area contributed by atoms with Crippen molar-refractivity contribution in [3.8, 4) is 17.3 Å². The summed E-state index contributed by atoms with van der Waals surface area (Å²) in [6, 6.07) is 3.72. The van der Waals surface area contributed by atoms with E-state index in [0.717, 1.165) is 35.8 Å². The van der Waals surface area contributed by atoms with Crippen LogP contribution in [0.5, 0.6) is 5.88 Å². The number of hydrogen-bond acceptors (Lipinski definition) is 7. The van der Waals surface area contributed by atoms with E-state index in [0.29, 0.717) is 24.7 Å². The molecule has 0 spiro atoms. The minimum Gasteiger partial charge on any atom is -0.481 e. The summed E-state index contributed by atoms with van der Waals surface area (Å²) < 4.78 is 12.5. The number of hydrogen-bond donors (Lipinski definition) is 0. The van der Waals surface area contributed by atoms with E-state index in [1.54, 1.807) is 13.3 Å². The zero-order valence-electron chi connectivity index (χ0n) is 13.9. The normalized spacial score (nSPS) is 14.9. The molecule has 0 amide bonds. The van der Waals surface area contributed by atoms with Crippen molar-refractivity contribution in [2.45, 2.75) is 0 Å². The van der Waals surface area contributed by atoms with E-state index in [2.05, 4.69) is 19.9 Å². The number of ether oxygens (including phenoxy) is 2. The number of pyridine rings is 1. The van der Waals surface area contributed by atoms with Crippen LogP contribution in [0, 0.1) is 0 Å². The van der Waals surface area contributed by atoms with Gasteiger partial charge < -0.3 is 18.9 Å². The zero-order valence-corrected chi connectivity index (χ0v) is 14.7. The summed E-state index contributed by atoms with van der Waals surface area (Å²) in [5.41, 5.74) is 2.29. The smallest absolute Gasteiger partial charge is 0.226 e. The Morgan fingerprint density at radius 2 is 2.00 bits per heavy atom. The van der Waals surface area contributed by atoms with Crippen LogP contribution < -0.4 is 9.64 Å². The Labute approximate surface area is 149 Å². The van der Waals surface area contributed by atoms with Gasteiger partial charge in [-0.1, -0.05) is 0 Å². The lowest BCUT2D eigenvalue weighted by Gasteiger charge is -2.27. The van der Waals surface area contributed by atoms with E-state index in [1.807, 2.05) is 23.7 Å². The molecule has 8 nitrogen and oxygen atoms in total. The molecule has 25 heavy (non-hydrogen) atoms. The molecule has 130 valence electrons. The zero-order chi connectivity index (χ0) is 17.4. The van der Waals surface area contributed by atoms with Crippen molar-refractivity contribution in [3.05, 3.63) is 23.6 Å². The highest BCUT2D eigenvalue weighted by Crippen LogP contribution is 2.30. The van der Waals surface area contributed by atoms with Gasteiger partial charge in [0.25, 0.3) is 0 Å². The maximum Gasteiger partial charge on any atom is 0.226 e. The minimum atomic E-state index is 0.204. The van der Waals surface area contributed by atoms with Gasteiger partial charge in [0.2, 0.25) is 11.2 Å². The van der Waals surface area contributed by atoms with Gasteiger partial charge in [0.1, 0.15) is 5.82 Å². The van der Waals surface area contributed by atoms with E-state index in [9.17, 15) is 0 Å². The summed E-state index contributed by atoms with van der Waals surface area (Å²) in [7, 11) is 3.49. The molecule has 1 fully saturated rings. The lowest BCUT2D eigenvalue weighted by Crippen LogP contribution is -2.37. The Kier molecular flexibility index (Phi) is 4.14. The van der Waals surface area contributed by atoms with Crippen molar-refractivity contribution >= 4 is 28.6 Å². The van der Waals surface area contributed by atoms with Crippen molar-refractivity contribution in [2.24, 2.45) is 7.05 Å². The molecular formula is C16H17ClN6O2. The third-order valence-electron chi connectivity index (χ3n) is 4.19. The van der Waals surface area contributed by atoms with Crippen LogP contribution >= 0.6 is 11.6 Å². The Hall–Kier alpha value is -2.45. The lowest BCUT2D eigenvalue weighted by atomic mass is 10.2. The van der Waals surface area contributed by atoms with E-state index in [-0.39, 0.29) is 5.28 Å². The fourth-order valence-electron chi connectivity index (χ4n) is 2.93. The number of morpholine rings is 1. The first-order valence-electron chi connectivity index (χ1n) is 7.90. The number of rotatable bonds is 3. The molecule has 1 saturated heterocycles. The molecule has 0 atom stereocenters. The number of nitrogens with zero attached hydrogens (tertiary/aromatic N) is 6. The van der Waals surface area contributed by atoms with Crippen LogP contribution in [0.3, 0.4) is 0 Å². The van der Waals surface area contributed by atoms with Crippen molar-refractivity contribution < 1.29 is 9.47 Å². The second kappa shape index (κ2) is 6.45. The van der Waals surface area contributed by atoms with Crippen LogP contribution in [0.2, 0.25) is 5.28 Å². The third-order valence-corrected chi connectivity index (χ3v) is 4.35. The van der Waals surface area contributed by atoms with Crippen molar-refractivity contribution in [3.63, 3.8) is 0 Å². The highest BCUT2D eigenvalue weighted by Gasteiger charge is 2.22. The maximum atomic E-state index is 6.17. The molecular weight excluding hydrogens is 344 g/mol. The van der Waals surface area contributed by atoms with E-state index in [1.165, 1.54) is 0 Å². The Bertz CT molecular complexity index is 922. The Morgan fingerprint density at radius 1 is 1.20 bits per heavy atom. The second-order valence-electron chi connectivity index (χ2n) is 5.67. The number of fused-ring (bicyclic) bond motifs is 1. The van der Waals surface area contributed by atoms with E-state index in [4.69, 9.17) is 26.1 Å². The van der Waals surface area contributed by atoms with Gasteiger partial charge in [-0.3, -0.25) is 0 Å². The van der Waals surface area contributed by atoms with Crippen molar-refractivity contribution in [1.82, 2.24) is 24.5 Å². The molecule has 1 aliphatic rings. The summed E-state index contributed by atoms with van der Waals surface area (Å²) in [6.07, 6.45) is 1.69. The average molecular weight is 361 g/mol. The number of imidazole rings is 1. The lowest BCUT2D eigenvalue weighted by molar-refractivity contribution is 0.122. The molecule has 0 aliphatic carbocycles. The predicted octanol–water partition coefficient (Wildman–Crippen LogP) is 1.92. The molecule has 0 saturated carbocycles. The van der Waals surface area contributed by atoms with Crippen LogP contribution in [-0.2, 0) is 11.8 Å². The van der Waals surface area contributed by atoms with Gasteiger partial charge in [-0.05, 0) is 17.7 Å². The molecule has 0 unspecified atom stereocenters. The van der Waals surface area contributed by atoms with Gasteiger partial charge in [-0.25, -0.2) is 9.97 Å². The number of halogens is 1. The third kappa shape index (κ3) is 2.87. The average Bonchev–Trinajstić information content (AvgIpc) is 2.98. The van der Waals surface area contributed by atoms with Gasteiger partial charge in [-0.15, -0.1) is 0 Å². The SMILES string of the molecule is COc1cc(-c2nc3c(N4CCOCC4)nc(Cl)nc3n2C)ccn1. The summed E-state index contributed by atoms with van der Waals surface area (Å²) in [5, 5.41) is 0.204.